The van der Waals surface area contributed by atoms with Gasteiger partial charge in [0.15, 0.2) is 0 Å². The minimum absolute atomic E-state index is 0.156. The van der Waals surface area contributed by atoms with E-state index in [0.29, 0.717) is 5.69 Å². The predicted molar refractivity (Wildman–Crippen MR) is 97.2 cm³/mol. The summed E-state index contributed by atoms with van der Waals surface area (Å²) in [5.41, 5.74) is 3.29. The van der Waals surface area contributed by atoms with Crippen molar-refractivity contribution in [2.45, 2.75) is 25.8 Å². The lowest BCUT2D eigenvalue weighted by molar-refractivity contribution is 0.0933. The van der Waals surface area contributed by atoms with E-state index in [9.17, 15) is 4.79 Å². The molecule has 0 bridgehead atoms. The summed E-state index contributed by atoms with van der Waals surface area (Å²) in [4.78, 5) is 17.3. The molecule has 1 N–H and O–H groups in total. The Morgan fingerprint density at radius 3 is 2.60 bits per heavy atom. The molecule has 1 amide bonds. The number of aromatic nitrogens is 3. The molecule has 0 saturated carbocycles. The topological polar surface area (TPSA) is 59.8 Å². The summed E-state index contributed by atoms with van der Waals surface area (Å²) in [5, 5.41) is 7.51. The van der Waals surface area contributed by atoms with Crippen LogP contribution in [0.3, 0.4) is 0 Å². The molecule has 2 heterocycles. The van der Waals surface area contributed by atoms with Crippen LogP contribution >= 0.6 is 0 Å². The summed E-state index contributed by atoms with van der Waals surface area (Å²) in [5.74, 6) is -0.156. The van der Waals surface area contributed by atoms with E-state index in [1.807, 2.05) is 54.6 Å². The van der Waals surface area contributed by atoms with Gasteiger partial charge in [-0.3, -0.25) is 14.5 Å². The highest BCUT2D eigenvalue weighted by molar-refractivity contribution is 5.93. The van der Waals surface area contributed by atoms with Crippen LogP contribution in [0.15, 0.2) is 60.8 Å². The lowest BCUT2D eigenvalue weighted by atomic mass is 10.0. The van der Waals surface area contributed by atoms with Gasteiger partial charge in [0.2, 0.25) is 0 Å². The fourth-order valence-corrected chi connectivity index (χ4v) is 2.84. The average molecular weight is 334 g/mol. The van der Waals surface area contributed by atoms with Crippen molar-refractivity contribution >= 4 is 5.91 Å². The van der Waals surface area contributed by atoms with Crippen LogP contribution in [0.5, 0.6) is 0 Å². The van der Waals surface area contributed by atoms with E-state index < -0.39 is 0 Å². The second-order valence-electron chi connectivity index (χ2n) is 5.97. The minimum Gasteiger partial charge on any atom is -0.338 e. The molecule has 0 saturated heterocycles. The van der Waals surface area contributed by atoms with Gasteiger partial charge in [-0.05, 0) is 30.2 Å². The highest BCUT2D eigenvalue weighted by Crippen LogP contribution is 2.20. The second-order valence-corrected chi connectivity index (χ2v) is 5.97. The Labute approximate surface area is 147 Å². The lowest BCUT2D eigenvalue weighted by Gasteiger charge is -2.18. The molecule has 0 spiro atoms. The summed E-state index contributed by atoms with van der Waals surface area (Å²) in [7, 11) is 1.80. The molecule has 0 fully saturated rings. The number of hydrogen-bond acceptors (Lipinski definition) is 3. The Kier molecular flexibility index (Phi) is 5.23. The summed E-state index contributed by atoms with van der Waals surface area (Å²) >= 11 is 0. The van der Waals surface area contributed by atoms with Crippen molar-refractivity contribution in [3.63, 3.8) is 0 Å². The molecule has 3 rings (SSSR count). The van der Waals surface area contributed by atoms with Crippen LogP contribution in [0.4, 0.5) is 0 Å². The summed E-state index contributed by atoms with van der Waals surface area (Å²) in [6.07, 6.45) is 3.60. The molecular formula is C20H22N4O. The van der Waals surface area contributed by atoms with Crippen molar-refractivity contribution in [3.05, 3.63) is 83.4 Å². The van der Waals surface area contributed by atoms with E-state index >= 15 is 0 Å². The van der Waals surface area contributed by atoms with E-state index in [1.165, 1.54) is 0 Å². The van der Waals surface area contributed by atoms with Crippen LogP contribution in [0.2, 0.25) is 0 Å². The Morgan fingerprint density at radius 2 is 1.92 bits per heavy atom. The molecule has 5 nitrogen and oxygen atoms in total. The van der Waals surface area contributed by atoms with Crippen molar-refractivity contribution in [2.75, 3.05) is 0 Å². The van der Waals surface area contributed by atoms with Crippen molar-refractivity contribution in [1.82, 2.24) is 20.1 Å². The van der Waals surface area contributed by atoms with Crippen LogP contribution < -0.4 is 5.32 Å². The number of hydrogen-bond donors (Lipinski definition) is 1. The molecule has 2 aromatic heterocycles. The fraction of sp³-hybridized carbons (Fsp3) is 0.250. The number of nitrogens with one attached hydrogen (secondary N) is 1. The average Bonchev–Trinajstić information content (AvgIpc) is 3.02. The van der Waals surface area contributed by atoms with Crippen LogP contribution in [-0.2, 0) is 13.5 Å². The number of carbonyl (C=O) groups is 1. The van der Waals surface area contributed by atoms with Crippen molar-refractivity contribution < 1.29 is 4.79 Å². The maximum Gasteiger partial charge on any atom is 0.270 e. The zero-order valence-corrected chi connectivity index (χ0v) is 14.5. The first-order valence-electron chi connectivity index (χ1n) is 8.48. The van der Waals surface area contributed by atoms with Crippen molar-refractivity contribution in [2.24, 2.45) is 7.05 Å². The second kappa shape index (κ2) is 7.75. The van der Waals surface area contributed by atoms with Crippen molar-refractivity contribution in [3.8, 4) is 0 Å². The van der Waals surface area contributed by atoms with Crippen LogP contribution in [0.25, 0.3) is 0 Å². The van der Waals surface area contributed by atoms with Gasteiger partial charge >= 0.3 is 0 Å². The Balaban J connectivity index is 1.89. The standard InChI is InChI=1S/C20H22N4O/c1-3-9-16-14-18(24(2)23-16)20(25)22-19(15-10-5-4-6-11-15)17-12-7-8-13-21-17/h4-8,10-14,19H,3,9H2,1-2H3,(H,22,25)/t19-/m0/s1. The molecule has 5 heteroatoms. The van der Waals surface area contributed by atoms with E-state index in [-0.39, 0.29) is 11.9 Å². The van der Waals surface area contributed by atoms with Gasteiger partial charge in [-0.25, -0.2) is 0 Å². The maximum atomic E-state index is 12.8. The Morgan fingerprint density at radius 1 is 1.16 bits per heavy atom. The monoisotopic (exact) mass is 334 g/mol. The van der Waals surface area contributed by atoms with Gasteiger partial charge < -0.3 is 5.32 Å². The smallest absolute Gasteiger partial charge is 0.270 e. The number of aryl methyl sites for hydroxylation is 2. The molecule has 1 aromatic carbocycles. The number of rotatable bonds is 6. The first kappa shape index (κ1) is 16.9. The first-order chi connectivity index (χ1) is 12.2. The van der Waals surface area contributed by atoms with Gasteiger partial charge in [-0.2, -0.15) is 5.10 Å². The van der Waals surface area contributed by atoms with Gasteiger partial charge in [0, 0.05) is 13.2 Å². The molecule has 3 aromatic rings. The van der Waals surface area contributed by atoms with Gasteiger partial charge in [0.05, 0.1) is 17.4 Å². The van der Waals surface area contributed by atoms with Crippen LogP contribution in [0, 0.1) is 0 Å². The number of benzene rings is 1. The molecule has 128 valence electrons. The van der Waals surface area contributed by atoms with Crippen LogP contribution in [-0.4, -0.2) is 20.7 Å². The quantitative estimate of drug-likeness (QED) is 0.752. The third-order valence-corrected chi connectivity index (χ3v) is 4.06. The lowest BCUT2D eigenvalue weighted by Crippen LogP contribution is -2.31. The molecule has 0 aliphatic rings. The van der Waals surface area contributed by atoms with Gasteiger partial charge in [0.1, 0.15) is 5.69 Å². The molecule has 25 heavy (non-hydrogen) atoms. The molecule has 1 atom stereocenters. The van der Waals surface area contributed by atoms with E-state index in [4.69, 9.17) is 0 Å². The first-order valence-corrected chi connectivity index (χ1v) is 8.48. The Bertz CT molecular complexity index is 788. The van der Waals surface area contributed by atoms with E-state index in [1.54, 1.807) is 17.9 Å². The molecule has 0 radical (unpaired) electrons. The molecule has 0 aliphatic carbocycles. The van der Waals surface area contributed by atoms with Gasteiger partial charge in [-0.1, -0.05) is 49.7 Å². The maximum absolute atomic E-state index is 12.8. The number of nitrogens with zero attached hydrogens (tertiary/aromatic N) is 3. The summed E-state index contributed by atoms with van der Waals surface area (Å²) in [6.45, 7) is 2.10. The third kappa shape index (κ3) is 3.94. The van der Waals surface area contributed by atoms with Crippen molar-refractivity contribution in [1.29, 1.82) is 0 Å². The van der Waals surface area contributed by atoms with Crippen LogP contribution in [0.1, 0.15) is 46.8 Å². The van der Waals surface area contributed by atoms with Gasteiger partial charge in [-0.15, -0.1) is 0 Å². The zero-order valence-electron chi connectivity index (χ0n) is 14.5. The SMILES string of the molecule is CCCc1cc(C(=O)N[C@@H](c2ccccc2)c2ccccn2)n(C)n1. The van der Waals surface area contributed by atoms with Gasteiger partial charge in [0.25, 0.3) is 5.91 Å². The fourth-order valence-electron chi connectivity index (χ4n) is 2.84. The zero-order chi connectivity index (χ0) is 17.6. The molecular weight excluding hydrogens is 312 g/mol. The number of pyridine rings is 1. The summed E-state index contributed by atoms with van der Waals surface area (Å²) in [6, 6.07) is 17.1. The number of carbonyl (C=O) groups excluding carboxylic acids is 1. The summed E-state index contributed by atoms with van der Waals surface area (Å²) < 4.78 is 1.64. The minimum atomic E-state index is -0.306. The van der Waals surface area contributed by atoms with E-state index in [0.717, 1.165) is 29.8 Å². The van der Waals surface area contributed by atoms with E-state index in [2.05, 4.69) is 22.3 Å². The number of amides is 1. The molecule has 0 unspecified atom stereocenters. The molecule has 0 aliphatic heterocycles. The highest BCUT2D eigenvalue weighted by atomic mass is 16.2. The third-order valence-electron chi connectivity index (χ3n) is 4.06. The Hall–Kier alpha value is -2.95. The normalized spacial score (nSPS) is 11.9. The highest BCUT2D eigenvalue weighted by Gasteiger charge is 2.21. The largest absolute Gasteiger partial charge is 0.338 e. The predicted octanol–water partition coefficient (Wildman–Crippen LogP) is 3.29.